The first-order valence-electron chi connectivity index (χ1n) is 7.57. The SMILES string of the molecule is COC(=O)C1(C)CC(C2CCCCN2C(C)C)CN1. The van der Waals surface area contributed by atoms with Gasteiger partial charge >= 0.3 is 5.97 Å². The van der Waals surface area contributed by atoms with E-state index in [-0.39, 0.29) is 5.97 Å². The standard InChI is InChI=1S/C15H28N2O2/c1-11(2)17-8-6-5-7-13(17)12-9-15(3,16-10-12)14(18)19-4/h11-13,16H,5-10H2,1-4H3. The summed E-state index contributed by atoms with van der Waals surface area (Å²) in [5.41, 5.74) is -0.487. The number of nitrogens with one attached hydrogen (secondary N) is 1. The molecule has 19 heavy (non-hydrogen) atoms. The smallest absolute Gasteiger partial charge is 0.325 e. The number of esters is 1. The second-order valence-electron chi connectivity index (χ2n) is 6.56. The number of ether oxygens (including phenoxy) is 1. The molecule has 4 heteroatoms. The van der Waals surface area contributed by atoms with Gasteiger partial charge in [-0.3, -0.25) is 9.69 Å². The minimum absolute atomic E-state index is 0.123. The van der Waals surface area contributed by atoms with E-state index in [1.165, 1.54) is 32.9 Å². The molecule has 0 aromatic rings. The molecule has 1 N–H and O–H groups in total. The van der Waals surface area contributed by atoms with Gasteiger partial charge < -0.3 is 10.1 Å². The second kappa shape index (κ2) is 5.80. The Labute approximate surface area is 116 Å². The lowest BCUT2D eigenvalue weighted by Crippen LogP contribution is -2.48. The predicted octanol–water partition coefficient (Wildman–Crippen LogP) is 1.79. The van der Waals surface area contributed by atoms with Gasteiger partial charge in [-0.25, -0.2) is 0 Å². The molecule has 2 aliphatic rings. The molecule has 3 atom stereocenters. The van der Waals surface area contributed by atoms with Crippen molar-refractivity contribution in [1.82, 2.24) is 10.2 Å². The van der Waals surface area contributed by atoms with Gasteiger partial charge in [0.15, 0.2) is 0 Å². The Kier molecular flexibility index (Phi) is 4.51. The molecule has 0 radical (unpaired) electrons. The fourth-order valence-electron chi connectivity index (χ4n) is 3.81. The summed E-state index contributed by atoms with van der Waals surface area (Å²) in [5.74, 6) is 0.439. The molecule has 4 nitrogen and oxygen atoms in total. The first-order valence-corrected chi connectivity index (χ1v) is 7.57. The minimum atomic E-state index is -0.487. The normalized spacial score (nSPS) is 36.7. The molecule has 0 aliphatic carbocycles. The van der Waals surface area contributed by atoms with E-state index in [0.717, 1.165) is 13.0 Å². The van der Waals surface area contributed by atoms with Gasteiger partial charge in [-0.15, -0.1) is 0 Å². The van der Waals surface area contributed by atoms with Crippen LogP contribution in [0.1, 0.15) is 46.5 Å². The number of nitrogens with zero attached hydrogens (tertiary/aromatic N) is 1. The summed E-state index contributed by atoms with van der Waals surface area (Å²) in [6.07, 6.45) is 4.79. The van der Waals surface area contributed by atoms with Gasteiger partial charge in [0.2, 0.25) is 0 Å². The van der Waals surface area contributed by atoms with Crippen LogP contribution in [0.25, 0.3) is 0 Å². The quantitative estimate of drug-likeness (QED) is 0.792. The number of likely N-dealkylation sites (tertiary alicyclic amines) is 1. The molecule has 2 rings (SSSR count). The number of methoxy groups -OCH3 is 1. The van der Waals surface area contributed by atoms with E-state index in [0.29, 0.717) is 18.0 Å². The highest BCUT2D eigenvalue weighted by Crippen LogP contribution is 2.34. The predicted molar refractivity (Wildman–Crippen MR) is 76.0 cm³/mol. The van der Waals surface area contributed by atoms with E-state index < -0.39 is 5.54 Å². The summed E-state index contributed by atoms with van der Waals surface area (Å²) in [4.78, 5) is 14.5. The molecule has 0 saturated carbocycles. The van der Waals surface area contributed by atoms with Crippen molar-refractivity contribution < 1.29 is 9.53 Å². The average Bonchev–Trinajstić information content (AvgIpc) is 2.81. The topological polar surface area (TPSA) is 41.6 Å². The zero-order valence-electron chi connectivity index (χ0n) is 12.7. The van der Waals surface area contributed by atoms with Crippen LogP contribution in [0.15, 0.2) is 0 Å². The lowest BCUT2D eigenvalue weighted by atomic mass is 9.84. The number of carbonyl (C=O) groups is 1. The largest absolute Gasteiger partial charge is 0.468 e. The molecule has 0 bridgehead atoms. The molecule has 0 spiro atoms. The van der Waals surface area contributed by atoms with Crippen LogP contribution < -0.4 is 5.32 Å². The van der Waals surface area contributed by atoms with Gasteiger partial charge in [0.25, 0.3) is 0 Å². The Morgan fingerprint density at radius 1 is 1.42 bits per heavy atom. The summed E-state index contributed by atoms with van der Waals surface area (Å²) in [6, 6.07) is 1.21. The van der Waals surface area contributed by atoms with E-state index in [4.69, 9.17) is 4.74 Å². The molecule has 2 aliphatic heterocycles. The fourth-order valence-corrected chi connectivity index (χ4v) is 3.81. The van der Waals surface area contributed by atoms with Crippen LogP contribution in [0.4, 0.5) is 0 Å². The van der Waals surface area contributed by atoms with E-state index >= 15 is 0 Å². The number of carbonyl (C=O) groups excluding carboxylic acids is 1. The Balaban J connectivity index is 2.04. The van der Waals surface area contributed by atoms with Crippen molar-refractivity contribution in [1.29, 1.82) is 0 Å². The summed E-state index contributed by atoms with van der Waals surface area (Å²) < 4.78 is 4.93. The first kappa shape index (κ1) is 14.8. The van der Waals surface area contributed by atoms with Crippen molar-refractivity contribution in [2.24, 2.45) is 5.92 Å². The first-order chi connectivity index (χ1) is 8.98. The number of hydrogen-bond acceptors (Lipinski definition) is 4. The van der Waals surface area contributed by atoms with Crippen molar-refractivity contribution in [2.45, 2.75) is 64.1 Å². The highest BCUT2D eigenvalue weighted by molar-refractivity contribution is 5.80. The van der Waals surface area contributed by atoms with Gasteiger partial charge in [0.1, 0.15) is 5.54 Å². The van der Waals surface area contributed by atoms with Crippen molar-refractivity contribution in [3.8, 4) is 0 Å². The van der Waals surface area contributed by atoms with Crippen molar-refractivity contribution in [3.05, 3.63) is 0 Å². The lowest BCUT2D eigenvalue weighted by molar-refractivity contribution is -0.147. The zero-order valence-corrected chi connectivity index (χ0v) is 12.7. The van der Waals surface area contributed by atoms with Gasteiger partial charge in [-0.1, -0.05) is 6.42 Å². The van der Waals surface area contributed by atoms with E-state index in [2.05, 4.69) is 24.1 Å². The van der Waals surface area contributed by atoms with E-state index in [1.54, 1.807) is 0 Å². The average molecular weight is 268 g/mol. The van der Waals surface area contributed by atoms with Crippen LogP contribution in [0.3, 0.4) is 0 Å². The molecule has 0 aromatic heterocycles. The monoisotopic (exact) mass is 268 g/mol. The number of rotatable bonds is 3. The molecule has 2 saturated heterocycles. The molecule has 2 heterocycles. The summed E-state index contributed by atoms with van der Waals surface area (Å²) in [6.45, 7) is 8.66. The fraction of sp³-hybridized carbons (Fsp3) is 0.933. The van der Waals surface area contributed by atoms with Gasteiger partial charge in [-0.05, 0) is 52.5 Å². The highest BCUT2D eigenvalue weighted by atomic mass is 16.5. The maximum atomic E-state index is 11.9. The third kappa shape index (κ3) is 2.95. The third-order valence-electron chi connectivity index (χ3n) is 4.86. The Morgan fingerprint density at radius 2 is 2.16 bits per heavy atom. The van der Waals surface area contributed by atoms with Crippen LogP contribution in [0.5, 0.6) is 0 Å². The molecule has 3 unspecified atom stereocenters. The van der Waals surface area contributed by atoms with Crippen LogP contribution in [-0.4, -0.2) is 48.7 Å². The van der Waals surface area contributed by atoms with E-state index in [1.807, 2.05) is 6.92 Å². The molecule has 0 aromatic carbocycles. The Bertz CT molecular complexity index is 332. The number of hydrogen-bond donors (Lipinski definition) is 1. The summed E-state index contributed by atoms with van der Waals surface area (Å²) in [7, 11) is 1.48. The van der Waals surface area contributed by atoms with Crippen LogP contribution in [0, 0.1) is 5.92 Å². The molecule has 0 amide bonds. The maximum Gasteiger partial charge on any atom is 0.325 e. The minimum Gasteiger partial charge on any atom is -0.468 e. The Morgan fingerprint density at radius 3 is 2.79 bits per heavy atom. The lowest BCUT2D eigenvalue weighted by Gasteiger charge is -2.42. The molecule has 110 valence electrons. The Hall–Kier alpha value is -0.610. The van der Waals surface area contributed by atoms with Gasteiger partial charge in [0, 0.05) is 18.6 Å². The third-order valence-corrected chi connectivity index (χ3v) is 4.86. The maximum absolute atomic E-state index is 11.9. The van der Waals surface area contributed by atoms with Crippen molar-refractivity contribution in [3.63, 3.8) is 0 Å². The highest BCUT2D eigenvalue weighted by Gasteiger charge is 2.45. The van der Waals surface area contributed by atoms with Crippen LogP contribution in [-0.2, 0) is 9.53 Å². The summed E-state index contributed by atoms with van der Waals surface area (Å²) in [5, 5.41) is 3.39. The van der Waals surface area contributed by atoms with Crippen LogP contribution in [0.2, 0.25) is 0 Å². The summed E-state index contributed by atoms with van der Waals surface area (Å²) >= 11 is 0. The van der Waals surface area contributed by atoms with Gasteiger partial charge in [0.05, 0.1) is 7.11 Å². The zero-order chi connectivity index (χ0) is 14.0. The second-order valence-corrected chi connectivity index (χ2v) is 6.56. The van der Waals surface area contributed by atoms with Crippen molar-refractivity contribution >= 4 is 5.97 Å². The van der Waals surface area contributed by atoms with Crippen LogP contribution >= 0.6 is 0 Å². The van der Waals surface area contributed by atoms with Gasteiger partial charge in [-0.2, -0.15) is 0 Å². The number of piperidine rings is 1. The molecular weight excluding hydrogens is 240 g/mol. The molecular formula is C15H28N2O2. The van der Waals surface area contributed by atoms with Crippen molar-refractivity contribution in [2.75, 3.05) is 20.2 Å². The molecule has 2 fully saturated rings. The van der Waals surface area contributed by atoms with E-state index in [9.17, 15) is 4.79 Å².